The number of imide groups is 2. The normalized spacial score (nSPS) is 14.9. The first kappa shape index (κ1) is 26.9. The number of amides is 6. The maximum Gasteiger partial charge on any atom is 0.253 e. The zero-order chi connectivity index (χ0) is 25.4. The minimum absolute atomic E-state index is 0.284. The van der Waals surface area contributed by atoms with Gasteiger partial charge in [-0.25, -0.2) is 0 Å². The standard InChI is InChI=1S/C20H20Cl2N4O8/c21-13(27)5-11-25(19(33)7-9-23-15(29)1-2-16(23)30)26(12-6-14(22)28)20(34)8-10-24-17(31)3-4-18(24)32/h1-4H,5-12H2. The van der Waals surface area contributed by atoms with E-state index in [2.05, 4.69) is 0 Å². The van der Waals surface area contributed by atoms with Gasteiger partial charge in [-0.05, 0) is 23.2 Å². The van der Waals surface area contributed by atoms with Crippen LogP contribution in [0.1, 0.15) is 25.7 Å². The molecule has 12 nitrogen and oxygen atoms in total. The Morgan fingerprint density at radius 2 is 0.882 bits per heavy atom. The fraction of sp³-hybridized carbons (Fsp3) is 0.400. The number of hydrogen-bond donors (Lipinski definition) is 0. The zero-order valence-corrected chi connectivity index (χ0v) is 19.3. The molecule has 0 aromatic carbocycles. The summed E-state index contributed by atoms with van der Waals surface area (Å²) in [6, 6.07) is 0. The highest BCUT2D eigenvalue weighted by Crippen LogP contribution is 2.13. The van der Waals surface area contributed by atoms with Gasteiger partial charge in [0.15, 0.2) is 0 Å². The topological polar surface area (TPSA) is 150 Å². The predicted molar refractivity (Wildman–Crippen MR) is 115 cm³/mol. The van der Waals surface area contributed by atoms with E-state index in [9.17, 15) is 38.4 Å². The molecule has 182 valence electrons. The summed E-state index contributed by atoms with van der Waals surface area (Å²) >= 11 is 10.8. The molecule has 2 aliphatic rings. The van der Waals surface area contributed by atoms with Crippen LogP contribution < -0.4 is 0 Å². The van der Waals surface area contributed by atoms with Gasteiger partial charge < -0.3 is 0 Å². The van der Waals surface area contributed by atoms with Crippen LogP contribution in [0.4, 0.5) is 0 Å². The van der Waals surface area contributed by atoms with Crippen LogP contribution in [-0.4, -0.2) is 91.9 Å². The molecule has 0 atom stereocenters. The number of halogens is 2. The molecule has 2 heterocycles. The van der Waals surface area contributed by atoms with Gasteiger partial charge in [-0.2, -0.15) is 0 Å². The van der Waals surface area contributed by atoms with Crippen molar-refractivity contribution in [2.45, 2.75) is 25.7 Å². The van der Waals surface area contributed by atoms with Gasteiger partial charge in [-0.15, -0.1) is 0 Å². The lowest BCUT2D eigenvalue weighted by Gasteiger charge is -2.35. The van der Waals surface area contributed by atoms with Crippen LogP contribution >= 0.6 is 23.2 Å². The summed E-state index contributed by atoms with van der Waals surface area (Å²) in [4.78, 5) is 97.0. The van der Waals surface area contributed by atoms with Gasteiger partial charge in [0, 0.05) is 63.1 Å². The molecule has 0 N–H and O–H groups in total. The van der Waals surface area contributed by atoms with E-state index < -0.39 is 45.9 Å². The number of hydrazine groups is 1. The monoisotopic (exact) mass is 514 g/mol. The summed E-state index contributed by atoms with van der Waals surface area (Å²) in [6.07, 6.45) is 2.73. The van der Waals surface area contributed by atoms with Gasteiger partial charge in [0.25, 0.3) is 23.6 Å². The maximum absolute atomic E-state index is 12.9. The Kier molecular flexibility index (Phi) is 9.63. The van der Waals surface area contributed by atoms with Gasteiger partial charge in [0.05, 0.1) is 13.1 Å². The lowest BCUT2D eigenvalue weighted by Crippen LogP contribution is -2.52. The van der Waals surface area contributed by atoms with Crippen LogP contribution in [0.25, 0.3) is 0 Å². The van der Waals surface area contributed by atoms with Crippen molar-refractivity contribution in [2.75, 3.05) is 26.2 Å². The highest BCUT2D eigenvalue weighted by atomic mass is 35.5. The smallest absolute Gasteiger partial charge is 0.253 e. The van der Waals surface area contributed by atoms with Crippen molar-refractivity contribution in [3.8, 4) is 0 Å². The van der Waals surface area contributed by atoms with Gasteiger partial charge in [-0.3, -0.25) is 58.2 Å². The van der Waals surface area contributed by atoms with Crippen LogP contribution in [-0.2, 0) is 38.4 Å². The Morgan fingerprint density at radius 1 is 0.588 bits per heavy atom. The molecule has 14 heteroatoms. The summed E-state index contributed by atoms with van der Waals surface area (Å²) in [5.74, 6) is -3.89. The molecule has 0 unspecified atom stereocenters. The Morgan fingerprint density at radius 3 is 1.15 bits per heavy atom. The second kappa shape index (κ2) is 12.2. The van der Waals surface area contributed by atoms with E-state index in [0.717, 1.165) is 44.1 Å². The highest BCUT2D eigenvalue weighted by Gasteiger charge is 2.31. The Balaban J connectivity index is 2.16. The van der Waals surface area contributed by atoms with Gasteiger partial charge in [-0.1, -0.05) is 0 Å². The Hall–Kier alpha value is -3.38. The van der Waals surface area contributed by atoms with E-state index in [0.29, 0.717) is 0 Å². The van der Waals surface area contributed by atoms with Crippen molar-refractivity contribution >= 4 is 69.1 Å². The second-order valence-corrected chi connectivity index (χ2v) is 7.91. The molecule has 0 aromatic heterocycles. The molecule has 0 saturated heterocycles. The number of rotatable bonds is 12. The minimum Gasteiger partial charge on any atom is -0.281 e. The third-order valence-electron chi connectivity index (χ3n) is 4.81. The molecule has 6 amide bonds. The number of hydrogen-bond acceptors (Lipinski definition) is 8. The third kappa shape index (κ3) is 7.32. The van der Waals surface area contributed by atoms with Crippen molar-refractivity contribution in [1.82, 2.24) is 19.8 Å². The third-order valence-corrected chi connectivity index (χ3v) is 5.19. The highest BCUT2D eigenvalue weighted by molar-refractivity contribution is 6.63. The summed E-state index contributed by atoms with van der Waals surface area (Å²) in [6.45, 7) is -1.25. The van der Waals surface area contributed by atoms with Crippen LogP contribution in [0.15, 0.2) is 24.3 Å². The number of carbonyl (C=O) groups is 8. The molecule has 0 aromatic rings. The van der Waals surface area contributed by atoms with Crippen molar-refractivity contribution in [2.24, 2.45) is 0 Å². The first-order valence-electron chi connectivity index (χ1n) is 10.1. The van der Waals surface area contributed by atoms with Crippen LogP contribution in [0.5, 0.6) is 0 Å². The van der Waals surface area contributed by atoms with E-state index in [1.54, 1.807) is 0 Å². The Bertz CT molecular complexity index is 879. The molecule has 34 heavy (non-hydrogen) atoms. The fourth-order valence-corrected chi connectivity index (χ4v) is 3.29. The van der Waals surface area contributed by atoms with Gasteiger partial charge in [0.1, 0.15) is 0 Å². The average Bonchev–Trinajstić information content (AvgIpc) is 3.26. The van der Waals surface area contributed by atoms with Crippen LogP contribution in [0.2, 0.25) is 0 Å². The van der Waals surface area contributed by atoms with Gasteiger partial charge in [0.2, 0.25) is 22.3 Å². The molecular formula is C20H20Cl2N4O8. The largest absolute Gasteiger partial charge is 0.281 e. The minimum atomic E-state index is -0.799. The van der Waals surface area contributed by atoms with Crippen LogP contribution in [0.3, 0.4) is 0 Å². The zero-order valence-electron chi connectivity index (χ0n) is 17.8. The quantitative estimate of drug-likeness (QED) is 0.192. The van der Waals surface area contributed by atoms with E-state index in [1.807, 2.05) is 0 Å². The molecule has 0 radical (unpaired) electrons. The molecule has 0 bridgehead atoms. The predicted octanol–water partition coefficient (Wildman–Crippen LogP) is -0.500. The van der Waals surface area contributed by atoms with Crippen molar-refractivity contribution in [3.05, 3.63) is 24.3 Å². The average molecular weight is 515 g/mol. The number of carbonyl (C=O) groups excluding carboxylic acids is 8. The molecule has 2 rings (SSSR count). The van der Waals surface area contributed by atoms with Crippen molar-refractivity contribution in [3.63, 3.8) is 0 Å². The first-order valence-corrected chi connectivity index (χ1v) is 10.8. The summed E-state index contributed by atoms with van der Waals surface area (Å²) in [5.41, 5.74) is 0. The Labute approximate surface area is 203 Å². The fourth-order valence-electron chi connectivity index (χ4n) is 3.12. The lowest BCUT2D eigenvalue weighted by molar-refractivity contribution is -0.165. The van der Waals surface area contributed by atoms with E-state index in [4.69, 9.17) is 23.2 Å². The van der Waals surface area contributed by atoms with Crippen molar-refractivity contribution in [1.29, 1.82) is 0 Å². The summed E-state index contributed by atoms with van der Waals surface area (Å²) in [5, 5.41) is 0.165. The first-order chi connectivity index (χ1) is 16.0. The maximum atomic E-state index is 12.9. The molecule has 2 aliphatic heterocycles. The van der Waals surface area contributed by atoms with Gasteiger partial charge >= 0.3 is 0 Å². The SMILES string of the molecule is O=C(Cl)CCN(C(=O)CCN1C(=O)C=CC1=O)N(CCC(=O)Cl)C(=O)CCN1C(=O)C=CC1=O. The van der Waals surface area contributed by atoms with Crippen molar-refractivity contribution < 1.29 is 38.4 Å². The molecule has 0 fully saturated rings. The van der Waals surface area contributed by atoms with E-state index >= 15 is 0 Å². The lowest BCUT2D eigenvalue weighted by atomic mass is 10.3. The molecule has 0 aliphatic carbocycles. The van der Waals surface area contributed by atoms with Crippen LogP contribution in [0, 0.1) is 0 Å². The summed E-state index contributed by atoms with van der Waals surface area (Å²) in [7, 11) is 0. The summed E-state index contributed by atoms with van der Waals surface area (Å²) < 4.78 is 0. The number of nitrogens with zero attached hydrogens (tertiary/aromatic N) is 4. The van der Waals surface area contributed by atoms with E-state index in [-0.39, 0.29) is 51.9 Å². The molecule has 0 saturated carbocycles. The molecular weight excluding hydrogens is 495 g/mol. The second-order valence-electron chi connectivity index (χ2n) is 7.07. The molecule has 0 spiro atoms. The van der Waals surface area contributed by atoms with E-state index in [1.165, 1.54) is 0 Å².